The first-order chi connectivity index (χ1) is 25.1. The van der Waals surface area contributed by atoms with Crippen molar-refractivity contribution in [3.63, 3.8) is 0 Å². The van der Waals surface area contributed by atoms with Gasteiger partial charge in [0, 0.05) is 33.2 Å². The third kappa shape index (κ3) is 6.97. The SMILES string of the molecule is Brc1ccccc1-c1ccccc1.Cc1ccc2c(ccn2C(=O)OC(C)(C)C)c1C.c1ccc2c(c1)c1ccccc1c1c3cc[nH]c3ccc21. The number of aromatic nitrogens is 2. The zero-order chi connectivity index (χ0) is 36.4. The summed E-state index contributed by atoms with van der Waals surface area (Å²) in [5.74, 6) is 0. The molecule has 2 aromatic heterocycles. The molecule has 0 spiro atoms. The topological polar surface area (TPSA) is 47.0 Å². The van der Waals surface area contributed by atoms with Gasteiger partial charge in [-0.15, -0.1) is 0 Å². The first kappa shape index (κ1) is 34.8. The Kier molecular flexibility index (Phi) is 9.72. The van der Waals surface area contributed by atoms with Gasteiger partial charge < -0.3 is 9.72 Å². The van der Waals surface area contributed by atoms with Gasteiger partial charge in [0.1, 0.15) is 5.60 Å². The van der Waals surface area contributed by atoms with Crippen LogP contribution in [0.15, 0.2) is 156 Å². The van der Waals surface area contributed by atoms with Crippen molar-refractivity contribution in [3.8, 4) is 11.1 Å². The molecule has 0 aliphatic carbocycles. The van der Waals surface area contributed by atoms with E-state index >= 15 is 0 Å². The number of H-pyrrole nitrogens is 1. The first-order valence-corrected chi connectivity index (χ1v) is 18.3. The van der Waals surface area contributed by atoms with Gasteiger partial charge in [0.25, 0.3) is 0 Å². The molecule has 0 bridgehead atoms. The van der Waals surface area contributed by atoms with Crippen LogP contribution in [0.3, 0.4) is 0 Å². The summed E-state index contributed by atoms with van der Waals surface area (Å²) in [7, 11) is 0. The number of fused-ring (bicyclic) bond motifs is 9. The van der Waals surface area contributed by atoms with Crippen molar-refractivity contribution in [2.24, 2.45) is 0 Å². The molecule has 0 aliphatic heterocycles. The molecule has 0 atom stereocenters. The molecule has 258 valence electrons. The van der Waals surface area contributed by atoms with Crippen molar-refractivity contribution in [3.05, 3.63) is 168 Å². The second-order valence-electron chi connectivity index (χ2n) is 14.0. The zero-order valence-corrected chi connectivity index (χ0v) is 31.7. The fourth-order valence-electron chi connectivity index (χ4n) is 6.79. The molecule has 0 saturated carbocycles. The molecule has 9 aromatic rings. The molecule has 52 heavy (non-hydrogen) atoms. The predicted molar refractivity (Wildman–Crippen MR) is 223 cm³/mol. The summed E-state index contributed by atoms with van der Waals surface area (Å²) in [4.78, 5) is 15.4. The minimum Gasteiger partial charge on any atom is -0.443 e. The summed E-state index contributed by atoms with van der Waals surface area (Å²) in [5.41, 5.74) is 6.53. The molecule has 0 fully saturated rings. The van der Waals surface area contributed by atoms with Gasteiger partial charge in [-0.05, 0) is 120 Å². The van der Waals surface area contributed by atoms with Crippen molar-refractivity contribution in [2.75, 3.05) is 0 Å². The molecule has 0 aliphatic rings. The molecule has 7 aromatic carbocycles. The molecular formula is C47H41BrN2O2. The lowest BCUT2D eigenvalue weighted by molar-refractivity contribution is 0.0544. The van der Waals surface area contributed by atoms with E-state index in [1.165, 1.54) is 65.5 Å². The maximum atomic E-state index is 12.1. The lowest BCUT2D eigenvalue weighted by Crippen LogP contribution is -2.26. The van der Waals surface area contributed by atoms with E-state index in [2.05, 4.69) is 138 Å². The Morgan fingerprint density at radius 2 is 1.21 bits per heavy atom. The molecule has 0 amide bonds. The molecule has 2 heterocycles. The zero-order valence-electron chi connectivity index (χ0n) is 30.1. The summed E-state index contributed by atoms with van der Waals surface area (Å²) >= 11 is 3.53. The second-order valence-corrected chi connectivity index (χ2v) is 14.8. The Labute approximate surface area is 312 Å². The number of rotatable bonds is 1. The van der Waals surface area contributed by atoms with Gasteiger partial charge in [-0.2, -0.15) is 0 Å². The van der Waals surface area contributed by atoms with Crippen LogP contribution in [0, 0.1) is 13.8 Å². The van der Waals surface area contributed by atoms with Gasteiger partial charge in [-0.1, -0.05) is 125 Å². The van der Waals surface area contributed by atoms with Gasteiger partial charge >= 0.3 is 6.09 Å². The van der Waals surface area contributed by atoms with Crippen LogP contribution in [0.25, 0.3) is 65.3 Å². The number of halogens is 1. The Hall–Kier alpha value is -5.65. The average Bonchev–Trinajstić information content (AvgIpc) is 3.82. The molecule has 0 saturated heterocycles. The van der Waals surface area contributed by atoms with Crippen LogP contribution in [0.4, 0.5) is 4.79 Å². The van der Waals surface area contributed by atoms with Crippen LogP contribution < -0.4 is 0 Å². The number of nitrogens with zero attached hydrogens (tertiary/aromatic N) is 1. The maximum Gasteiger partial charge on any atom is 0.418 e. The van der Waals surface area contributed by atoms with Crippen LogP contribution >= 0.6 is 15.9 Å². The molecule has 5 heteroatoms. The summed E-state index contributed by atoms with van der Waals surface area (Å²) in [5, 5.41) is 10.4. The summed E-state index contributed by atoms with van der Waals surface area (Å²) in [6.07, 6.45) is 3.46. The lowest BCUT2D eigenvalue weighted by Gasteiger charge is -2.19. The van der Waals surface area contributed by atoms with Crippen molar-refractivity contribution in [1.29, 1.82) is 0 Å². The summed E-state index contributed by atoms with van der Waals surface area (Å²) in [6.45, 7) is 9.74. The van der Waals surface area contributed by atoms with Gasteiger partial charge in [-0.25, -0.2) is 4.79 Å². The fraction of sp³-hybridized carbons (Fsp3) is 0.128. The molecule has 1 N–H and O–H groups in total. The largest absolute Gasteiger partial charge is 0.443 e. The average molecular weight is 746 g/mol. The van der Waals surface area contributed by atoms with E-state index in [0.717, 1.165) is 15.4 Å². The minimum absolute atomic E-state index is 0.333. The van der Waals surface area contributed by atoms with E-state index in [4.69, 9.17) is 4.74 Å². The number of aryl methyl sites for hydroxylation is 2. The van der Waals surface area contributed by atoms with E-state index < -0.39 is 5.60 Å². The van der Waals surface area contributed by atoms with Gasteiger partial charge in [0.15, 0.2) is 0 Å². The van der Waals surface area contributed by atoms with Crippen LogP contribution in [-0.2, 0) is 4.74 Å². The van der Waals surface area contributed by atoms with E-state index in [1.807, 2.05) is 63.4 Å². The highest BCUT2D eigenvalue weighted by atomic mass is 79.9. The van der Waals surface area contributed by atoms with Crippen LogP contribution in [0.5, 0.6) is 0 Å². The number of carbonyl (C=O) groups is 1. The van der Waals surface area contributed by atoms with Gasteiger partial charge in [0.05, 0.1) is 5.52 Å². The molecule has 9 rings (SSSR count). The Bertz CT molecular complexity index is 2660. The number of benzene rings is 7. The molecule has 4 nitrogen and oxygen atoms in total. The Morgan fingerprint density at radius 1 is 0.615 bits per heavy atom. The number of carbonyl (C=O) groups excluding carboxylic acids is 1. The monoisotopic (exact) mass is 744 g/mol. The van der Waals surface area contributed by atoms with Crippen molar-refractivity contribution < 1.29 is 9.53 Å². The van der Waals surface area contributed by atoms with Crippen molar-refractivity contribution in [1.82, 2.24) is 9.55 Å². The van der Waals surface area contributed by atoms with Crippen LogP contribution in [0.2, 0.25) is 0 Å². The quantitative estimate of drug-likeness (QED) is 0.170. The summed E-state index contributed by atoms with van der Waals surface area (Å²) < 4.78 is 8.09. The highest BCUT2D eigenvalue weighted by Gasteiger charge is 2.19. The number of ether oxygens (including phenoxy) is 1. The first-order valence-electron chi connectivity index (χ1n) is 17.5. The van der Waals surface area contributed by atoms with Crippen molar-refractivity contribution >= 4 is 76.1 Å². The fourth-order valence-corrected chi connectivity index (χ4v) is 7.31. The number of hydrogen-bond donors (Lipinski definition) is 1. The highest BCUT2D eigenvalue weighted by Crippen LogP contribution is 2.38. The normalized spacial score (nSPS) is 11.3. The third-order valence-corrected chi connectivity index (χ3v) is 10.1. The number of hydrogen-bond acceptors (Lipinski definition) is 2. The Morgan fingerprint density at radius 3 is 1.88 bits per heavy atom. The predicted octanol–water partition coefficient (Wildman–Crippen LogP) is 13.8. The second kappa shape index (κ2) is 14.5. The van der Waals surface area contributed by atoms with Gasteiger partial charge in [0.2, 0.25) is 0 Å². The number of aromatic amines is 1. The highest BCUT2D eigenvalue weighted by molar-refractivity contribution is 9.10. The van der Waals surface area contributed by atoms with E-state index in [0.29, 0.717) is 0 Å². The van der Waals surface area contributed by atoms with Crippen LogP contribution in [-0.4, -0.2) is 21.2 Å². The minimum atomic E-state index is -0.479. The van der Waals surface area contributed by atoms with E-state index in [1.54, 1.807) is 10.8 Å². The molecule has 0 radical (unpaired) electrons. The summed E-state index contributed by atoms with van der Waals surface area (Å²) in [6, 6.07) is 48.5. The Balaban J connectivity index is 0.000000125. The molecular weight excluding hydrogens is 704 g/mol. The van der Waals surface area contributed by atoms with Crippen LogP contribution in [0.1, 0.15) is 31.9 Å². The lowest BCUT2D eigenvalue weighted by atomic mass is 9.93. The third-order valence-electron chi connectivity index (χ3n) is 9.40. The van der Waals surface area contributed by atoms with Crippen molar-refractivity contribution in [2.45, 2.75) is 40.2 Å². The number of nitrogens with one attached hydrogen (secondary N) is 1. The maximum absolute atomic E-state index is 12.1. The van der Waals surface area contributed by atoms with E-state index in [-0.39, 0.29) is 6.09 Å². The molecule has 0 unspecified atom stereocenters. The standard InChI is InChI=1S/C20H13N.C15H19NO2.C12H9Br/c1-2-7-15-13(5-1)14-6-3-4-8-16(14)20-17(15)9-10-19-18(20)11-12-21-19;1-10-6-7-13-12(11(10)2)8-9-16(13)14(17)18-15(3,4)5;13-12-9-5-4-8-11(12)10-6-2-1-3-7-10/h1-12,21H;6-9H,1-5H3;1-9H. The van der Waals surface area contributed by atoms with Gasteiger partial charge in [-0.3, -0.25) is 4.57 Å². The van der Waals surface area contributed by atoms with E-state index in [9.17, 15) is 4.79 Å². The smallest absolute Gasteiger partial charge is 0.418 e.